The summed E-state index contributed by atoms with van der Waals surface area (Å²) in [7, 11) is 0. The molecule has 186 valence electrons. The van der Waals surface area contributed by atoms with Gasteiger partial charge in [-0.15, -0.1) is 0 Å². The second-order valence-electron chi connectivity index (χ2n) is 8.36. The molecule has 0 saturated carbocycles. The van der Waals surface area contributed by atoms with E-state index in [0.717, 1.165) is 37.1 Å². The number of carbonyl (C=O) groups excluding carboxylic acids is 1. The second kappa shape index (κ2) is 17.8. The number of benzene rings is 2. The van der Waals surface area contributed by atoms with E-state index >= 15 is 0 Å². The molecule has 0 spiro atoms. The van der Waals surface area contributed by atoms with Crippen molar-refractivity contribution in [2.24, 2.45) is 0 Å². The summed E-state index contributed by atoms with van der Waals surface area (Å²) in [5.41, 5.74) is 1.95. The fourth-order valence-electron chi connectivity index (χ4n) is 3.48. The molecule has 0 radical (unpaired) electrons. The van der Waals surface area contributed by atoms with E-state index in [1.807, 2.05) is 31.2 Å². The summed E-state index contributed by atoms with van der Waals surface area (Å²) in [5, 5.41) is 4.54. The third-order valence-corrected chi connectivity index (χ3v) is 6.13. The molecule has 2 rings (SSSR count). The Labute approximate surface area is 220 Å². The first kappa shape index (κ1) is 28.6. The van der Waals surface area contributed by atoms with Gasteiger partial charge in [0.25, 0.3) is 0 Å². The Bertz CT molecular complexity index is 1030. The van der Waals surface area contributed by atoms with E-state index in [-0.39, 0.29) is 0 Å². The molecule has 0 bridgehead atoms. The molecule has 0 aliphatic heterocycles. The van der Waals surface area contributed by atoms with Gasteiger partial charge in [-0.3, -0.25) is 0 Å². The molecule has 0 aliphatic carbocycles. The molecule has 0 amide bonds. The first-order valence-corrected chi connectivity index (χ1v) is 13.3. The van der Waals surface area contributed by atoms with Gasteiger partial charge in [-0.1, -0.05) is 92.8 Å². The van der Waals surface area contributed by atoms with E-state index in [0.29, 0.717) is 22.2 Å². The van der Waals surface area contributed by atoms with Crippen LogP contribution in [0.4, 0.5) is 5.69 Å². The summed E-state index contributed by atoms with van der Waals surface area (Å²) in [4.78, 5) is 11.5. The molecule has 0 saturated heterocycles. The van der Waals surface area contributed by atoms with Gasteiger partial charge in [0.15, 0.2) is 0 Å². The van der Waals surface area contributed by atoms with Crippen molar-refractivity contribution >= 4 is 34.9 Å². The van der Waals surface area contributed by atoms with Crippen LogP contribution in [-0.2, 0) is 4.79 Å². The predicted molar refractivity (Wildman–Crippen MR) is 148 cm³/mol. The molecular formula is C30H35Cl2NO2. The lowest BCUT2D eigenvalue weighted by atomic mass is 10.1. The summed E-state index contributed by atoms with van der Waals surface area (Å²) in [5.74, 6) is 11.5. The van der Waals surface area contributed by atoms with Crippen molar-refractivity contribution in [3.63, 3.8) is 0 Å². The minimum Gasteiger partial charge on any atom is -0.417 e. The fourth-order valence-corrected chi connectivity index (χ4v) is 3.78. The maximum Gasteiger partial charge on any atom is 0.389 e. The van der Waals surface area contributed by atoms with Gasteiger partial charge in [0.1, 0.15) is 5.75 Å². The van der Waals surface area contributed by atoms with E-state index in [1.165, 1.54) is 44.9 Å². The van der Waals surface area contributed by atoms with Gasteiger partial charge in [-0.2, -0.15) is 0 Å². The Hall–Kier alpha value is -2.59. The van der Waals surface area contributed by atoms with Crippen molar-refractivity contribution in [2.45, 2.75) is 77.6 Å². The number of anilines is 1. The monoisotopic (exact) mass is 511 g/mol. The lowest BCUT2D eigenvalue weighted by molar-refractivity contribution is -0.128. The van der Waals surface area contributed by atoms with Gasteiger partial charge < -0.3 is 10.1 Å². The summed E-state index contributed by atoms with van der Waals surface area (Å²) in [6.07, 6.45) is 12.8. The topological polar surface area (TPSA) is 38.3 Å². The quantitative estimate of drug-likeness (QED) is 0.0959. The smallest absolute Gasteiger partial charge is 0.389 e. The number of nitrogens with one attached hydrogen (secondary N) is 1. The maximum absolute atomic E-state index is 11.5. The largest absolute Gasteiger partial charge is 0.417 e. The van der Waals surface area contributed by atoms with Gasteiger partial charge >= 0.3 is 5.97 Å². The lowest BCUT2D eigenvalue weighted by Crippen LogP contribution is -2.05. The highest BCUT2D eigenvalue weighted by molar-refractivity contribution is 6.42. The van der Waals surface area contributed by atoms with Crippen LogP contribution >= 0.6 is 23.2 Å². The summed E-state index contributed by atoms with van der Waals surface area (Å²) in [6, 6.07) is 12.9. The highest BCUT2D eigenvalue weighted by Gasteiger charge is 2.01. The van der Waals surface area contributed by atoms with E-state index in [2.05, 4.69) is 29.0 Å². The van der Waals surface area contributed by atoms with Crippen molar-refractivity contribution in [1.82, 2.24) is 0 Å². The first-order chi connectivity index (χ1) is 17.1. The van der Waals surface area contributed by atoms with Crippen LogP contribution in [0.2, 0.25) is 10.0 Å². The Morgan fingerprint density at radius 2 is 1.49 bits per heavy atom. The molecule has 0 aliphatic rings. The normalized spacial score (nSPS) is 10.0. The zero-order valence-electron chi connectivity index (χ0n) is 20.6. The SMILES string of the molecule is CCC#CC(=O)Oc1ccc(NCCCCCCCCCCCC#Cc2ccc(Cl)c(Cl)c2)cc1. The Morgan fingerprint density at radius 1 is 0.829 bits per heavy atom. The summed E-state index contributed by atoms with van der Waals surface area (Å²) >= 11 is 11.9. The van der Waals surface area contributed by atoms with Crippen LogP contribution in [0.15, 0.2) is 42.5 Å². The molecule has 0 fully saturated rings. The number of ether oxygens (including phenoxy) is 1. The number of hydrogen-bond donors (Lipinski definition) is 1. The number of halogens is 2. The third kappa shape index (κ3) is 13.2. The number of hydrogen-bond acceptors (Lipinski definition) is 3. The molecular weight excluding hydrogens is 477 g/mol. The van der Waals surface area contributed by atoms with Gasteiger partial charge in [0, 0.05) is 36.6 Å². The highest BCUT2D eigenvalue weighted by Crippen LogP contribution is 2.22. The van der Waals surface area contributed by atoms with Crippen molar-refractivity contribution in [3.05, 3.63) is 58.1 Å². The van der Waals surface area contributed by atoms with E-state index in [4.69, 9.17) is 27.9 Å². The highest BCUT2D eigenvalue weighted by atomic mass is 35.5. The molecule has 1 N–H and O–H groups in total. The molecule has 2 aromatic carbocycles. The van der Waals surface area contributed by atoms with Crippen LogP contribution < -0.4 is 10.1 Å². The van der Waals surface area contributed by atoms with Crippen molar-refractivity contribution in [3.8, 4) is 29.4 Å². The summed E-state index contributed by atoms with van der Waals surface area (Å²) < 4.78 is 5.16. The van der Waals surface area contributed by atoms with Crippen molar-refractivity contribution < 1.29 is 9.53 Å². The van der Waals surface area contributed by atoms with Gasteiger partial charge in [0.05, 0.1) is 10.0 Å². The molecule has 5 heteroatoms. The number of esters is 1. The van der Waals surface area contributed by atoms with Crippen molar-refractivity contribution in [2.75, 3.05) is 11.9 Å². The number of rotatable bonds is 13. The van der Waals surface area contributed by atoms with Crippen LogP contribution in [-0.4, -0.2) is 12.5 Å². The Kier molecular flexibility index (Phi) is 14.6. The van der Waals surface area contributed by atoms with E-state index in [1.54, 1.807) is 18.2 Å². The van der Waals surface area contributed by atoms with E-state index in [9.17, 15) is 4.79 Å². The lowest BCUT2D eigenvalue weighted by Gasteiger charge is -2.07. The van der Waals surface area contributed by atoms with Gasteiger partial charge in [-0.25, -0.2) is 4.79 Å². The van der Waals surface area contributed by atoms with Gasteiger partial charge in [-0.05, 0) is 55.3 Å². The minimum absolute atomic E-state index is 0.516. The first-order valence-electron chi connectivity index (χ1n) is 12.6. The molecule has 3 nitrogen and oxygen atoms in total. The predicted octanol–water partition coefficient (Wildman–Crippen LogP) is 8.68. The van der Waals surface area contributed by atoms with Crippen LogP contribution in [0, 0.1) is 23.7 Å². The van der Waals surface area contributed by atoms with Crippen LogP contribution in [0.25, 0.3) is 0 Å². The molecule has 2 aromatic rings. The van der Waals surface area contributed by atoms with Crippen molar-refractivity contribution in [1.29, 1.82) is 0 Å². The average Bonchev–Trinajstić information content (AvgIpc) is 2.86. The van der Waals surface area contributed by atoms with E-state index < -0.39 is 5.97 Å². The van der Waals surface area contributed by atoms with Crippen LogP contribution in [0.3, 0.4) is 0 Å². The minimum atomic E-state index is -0.516. The molecule has 0 unspecified atom stereocenters. The number of unbranched alkanes of at least 4 members (excludes halogenated alkanes) is 9. The molecule has 35 heavy (non-hydrogen) atoms. The van der Waals surface area contributed by atoms with Crippen LogP contribution in [0.5, 0.6) is 5.75 Å². The maximum atomic E-state index is 11.5. The Morgan fingerprint density at radius 3 is 2.14 bits per heavy atom. The average molecular weight is 513 g/mol. The number of carbonyl (C=O) groups is 1. The fraction of sp³-hybridized carbons (Fsp3) is 0.433. The summed E-state index contributed by atoms with van der Waals surface area (Å²) in [6.45, 7) is 2.84. The standard InChI is InChI=1S/C30H35Cl2NO2/c1-2-3-16-30(34)35-27-20-18-26(19-21-27)33-23-14-12-10-8-6-4-5-7-9-11-13-15-25-17-22-28(31)29(32)24-25/h17-22,24,33H,2,4-12,14,23H2,1H3. The molecule has 0 atom stereocenters. The third-order valence-electron chi connectivity index (χ3n) is 5.39. The zero-order chi connectivity index (χ0) is 25.1. The Balaban J connectivity index is 1.41. The second-order valence-corrected chi connectivity index (χ2v) is 9.17. The molecule has 0 aromatic heterocycles. The molecule has 0 heterocycles. The van der Waals surface area contributed by atoms with Crippen LogP contribution in [0.1, 0.15) is 83.1 Å². The zero-order valence-corrected chi connectivity index (χ0v) is 22.1. The van der Waals surface area contributed by atoms with Gasteiger partial charge in [0.2, 0.25) is 0 Å².